The van der Waals surface area contributed by atoms with Gasteiger partial charge in [0.1, 0.15) is 31.8 Å². The van der Waals surface area contributed by atoms with Crippen LogP contribution in [0.4, 0.5) is 17.1 Å². The van der Waals surface area contributed by atoms with Crippen LogP contribution in [0.25, 0.3) is 0 Å². The first-order valence-corrected chi connectivity index (χ1v) is 11.7. The van der Waals surface area contributed by atoms with Gasteiger partial charge in [0.15, 0.2) is 12.3 Å². The Morgan fingerprint density at radius 1 is 0.857 bits per heavy atom. The van der Waals surface area contributed by atoms with E-state index in [1.54, 1.807) is 0 Å². The summed E-state index contributed by atoms with van der Waals surface area (Å²) >= 11 is 0. The van der Waals surface area contributed by atoms with Crippen LogP contribution in [0.5, 0.6) is 0 Å². The molecule has 15 nitrogen and oxygen atoms in total. The third-order valence-corrected chi connectivity index (χ3v) is 5.92. The molecule has 35 heavy (non-hydrogen) atoms. The van der Waals surface area contributed by atoms with Crippen molar-refractivity contribution in [2.24, 2.45) is 42.7 Å². The number of hydrogen-bond acceptors (Lipinski definition) is 15. The van der Waals surface area contributed by atoms with Crippen molar-refractivity contribution in [1.82, 2.24) is 5.32 Å². The van der Waals surface area contributed by atoms with E-state index in [-0.39, 0.29) is 82.0 Å². The van der Waals surface area contributed by atoms with Crippen LogP contribution in [0.3, 0.4) is 0 Å². The van der Waals surface area contributed by atoms with E-state index in [0.717, 1.165) is 18.2 Å². The Bertz CT molecular complexity index is 1350. The smallest absolute Gasteiger partial charge is 0.744 e. The zero-order chi connectivity index (χ0) is 24.4. The fraction of sp³-hybridized carbons (Fsp3) is 0.188. The molecule has 0 saturated heterocycles. The number of amidine groups is 1. The fourth-order valence-corrected chi connectivity index (χ4v) is 3.74. The number of aliphatic imine (C=N–C) groups is 1. The molecule has 0 radical (unpaired) electrons. The van der Waals surface area contributed by atoms with Gasteiger partial charge in [0, 0.05) is 0 Å². The van der Waals surface area contributed by atoms with Gasteiger partial charge in [0.2, 0.25) is 0 Å². The minimum Gasteiger partial charge on any atom is -0.744 e. The normalized spacial score (nSPS) is 20.8. The molecule has 3 atom stereocenters. The van der Waals surface area contributed by atoms with Gasteiger partial charge in [0.25, 0.3) is 0 Å². The van der Waals surface area contributed by atoms with Crippen LogP contribution >= 0.6 is 0 Å². The van der Waals surface area contributed by atoms with Gasteiger partial charge in [-0.2, -0.15) is 20.5 Å². The van der Waals surface area contributed by atoms with Crippen LogP contribution < -0.4 is 81.6 Å². The summed E-state index contributed by atoms with van der Waals surface area (Å²) in [5, 5.41) is 17.9. The van der Waals surface area contributed by atoms with Crippen molar-refractivity contribution in [3.05, 3.63) is 42.5 Å². The number of hydrogen-bond donors (Lipinski definition) is 4. The van der Waals surface area contributed by atoms with Crippen LogP contribution in [-0.4, -0.2) is 50.3 Å². The largest absolute Gasteiger partial charge is 1.00 e. The van der Waals surface area contributed by atoms with E-state index < -0.39 is 48.5 Å². The molecule has 0 fully saturated rings. The molecule has 0 amide bonds. The molecule has 19 heteroatoms. The molecule has 7 N–H and O–H groups in total. The number of nitrogens with one attached hydrogen (secondary N) is 1. The maximum atomic E-state index is 11.7. The summed E-state index contributed by atoms with van der Waals surface area (Å²) in [4.78, 5) is 2.68. The van der Waals surface area contributed by atoms with Crippen LogP contribution in [0, 0.1) is 0 Å². The molecule has 1 heterocycles. The van der Waals surface area contributed by atoms with Gasteiger partial charge in [-0.15, -0.1) is 0 Å². The molecule has 3 unspecified atom stereocenters. The quantitative estimate of drug-likeness (QED) is 0.153. The van der Waals surface area contributed by atoms with Gasteiger partial charge >= 0.3 is 59.1 Å². The Morgan fingerprint density at radius 3 is 1.97 bits per heavy atom. The molecule has 0 bridgehead atoms. The zero-order valence-electron chi connectivity index (χ0n) is 18.5. The van der Waals surface area contributed by atoms with E-state index in [1.165, 1.54) is 24.3 Å². The molecular weight excluding hydrogens is 524 g/mol. The first-order chi connectivity index (χ1) is 15.3. The van der Waals surface area contributed by atoms with Crippen molar-refractivity contribution < 1.29 is 85.1 Å². The third kappa shape index (κ3) is 8.71. The number of benzene rings is 2. The molecule has 2 aromatic rings. The SMILES string of the molecule is NC1=NC(N)NC(N)C1N=Nc1ccc(N=Nc2ccc(S(=O)(=O)[O-])cc2)cc1S(=O)(=O)[O-].[Na+].[Na+]. The summed E-state index contributed by atoms with van der Waals surface area (Å²) in [7, 11) is -9.60. The second-order valence-electron chi connectivity index (χ2n) is 6.61. The van der Waals surface area contributed by atoms with E-state index in [9.17, 15) is 25.9 Å². The number of nitrogens with two attached hydrogens (primary N) is 3. The van der Waals surface area contributed by atoms with E-state index in [1.807, 2.05) is 0 Å². The fourth-order valence-electron chi connectivity index (χ4n) is 2.64. The number of azo groups is 2. The van der Waals surface area contributed by atoms with Gasteiger partial charge in [-0.1, -0.05) is 0 Å². The average Bonchev–Trinajstić information content (AvgIpc) is 2.71. The monoisotopic (exact) mass is 541 g/mol. The number of nitrogens with zero attached hydrogens (tertiary/aromatic N) is 5. The predicted octanol–water partition coefficient (Wildman–Crippen LogP) is -6.14. The Labute approximate surface area is 244 Å². The molecule has 1 aliphatic rings. The van der Waals surface area contributed by atoms with Crippen LogP contribution in [0.15, 0.2) is 77.7 Å². The standard InChI is InChI=1S/C16H19N9O6S2.2Na/c17-14-13(15(18)21-16(19)20-14)25-24-11-6-3-9(7-12(11)33(29,30)31)23-22-8-1-4-10(5-2-8)32(26,27)28;;/h1-7,13-14,16,20H,17,19H2,(H2,18,21)(H,26,27,28)(H,29,30,31);;/q;2*+1/p-2. The Kier molecular flexibility index (Phi) is 11.7. The maximum absolute atomic E-state index is 11.7. The van der Waals surface area contributed by atoms with E-state index >= 15 is 0 Å². The van der Waals surface area contributed by atoms with Crippen LogP contribution in [0.1, 0.15) is 0 Å². The second kappa shape index (κ2) is 12.9. The maximum Gasteiger partial charge on any atom is 1.00 e. The van der Waals surface area contributed by atoms with Crippen molar-refractivity contribution in [3.8, 4) is 0 Å². The molecule has 0 aliphatic carbocycles. The van der Waals surface area contributed by atoms with Gasteiger partial charge < -0.3 is 20.6 Å². The van der Waals surface area contributed by atoms with Crippen LogP contribution in [0.2, 0.25) is 0 Å². The third-order valence-electron chi connectivity index (χ3n) is 4.20. The van der Waals surface area contributed by atoms with Crippen LogP contribution in [-0.2, 0) is 20.2 Å². The van der Waals surface area contributed by atoms with Gasteiger partial charge in [-0.05, 0) is 42.5 Å². The summed E-state index contributed by atoms with van der Waals surface area (Å²) in [6.45, 7) is 0. The summed E-state index contributed by atoms with van der Waals surface area (Å²) < 4.78 is 68.0. The minimum absolute atomic E-state index is 0. The molecular formula is C16H17N9Na2O6S2. The van der Waals surface area contributed by atoms with Gasteiger partial charge in [-0.25, -0.2) is 21.8 Å². The van der Waals surface area contributed by atoms with Gasteiger partial charge in [-0.3, -0.25) is 11.1 Å². The molecule has 0 saturated carbocycles. The first kappa shape index (κ1) is 31.8. The van der Waals surface area contributed by atoms with E-state index in [2.05, 4.69) is 30.8 Å². The first-order valence-electron chi connectivity index (χ1n) is 8.93. The molecule has 3 rings (SSSR count). The van der Waals surface area contributed by atoms with E-state index in [4.69, 9.17) is 17.2 Å². The van der Waals surface area contributed by atoms with Crippen molar-refractivity contribution >= 4 is 43.1 Å². The van der Waals surface area contributed by atoms with Gasteiger partial charge in [0.05, 0.1) is 27.3 Å². The Morgan fingerprint density at radius 2 is 1.43 bits per heavy atom. The minimum atomic E-state index is -4.98. The molecule has 0 spiro atoms. The van der Waals surface area contributed by atoms with Crippen molar-refractivity contribution in [2.75, 3.05) is 0 Å². The zero-order valence-corrected chi connectivity index (χ0v) is 24.1. The molecule has 1 aliphatic heterocycles. The predicted molar refractivity (Wildman–Crippen MR) is 112 cm³/mol. The van der Waals surface area contributed by atoms with Crippen molar-refractivity contribution in [2.45, 2.75) is 28.3 Å². The summed E-state index contributed by atoms with van der Waals surface area (Å²) in [6.07, 6.45) is -1.67. The van der Waals surface area contributed by atoms with Crippen molar-refractivity contribution in [3.63, 3.8) is 0 Å². The van der Waals surface area contributed by atoms with E-state index in [0.29, 0.717) is 0 Å². The molecule has 0 aromatic heterocycles. The Balaban J connectivity index is 0.00000306. The summed E-state index contributed by atoms with van der Waals surface area (Å²) in [5.74, 6) is -0.0229. The molecule has 2 aromatic carbocycles. The second-order valence-corrected chi connectivity index (χ2v) is 9.33. The van der Waals surface area contributed by atoms with Crippen molar-refractivity contribution in [1.29, 1.82) is 0 Å². The topological polar surface area (TPSA) is 266 Å². The summed E-state index contributed by atoms with van der Waals surface area (Å²) in [5.41, 5.74) is 17.0. The summed E-state index contributed by atoms with van der Waals surface area (Å²) in [6, 6.07) is 7.01. The number of rotatable bonds is 6. The Hall–Kier alpha value is -1.19. The average molecular weight is 541 g/mol. The molecule has 176 valence electrons.